The van der Waals surface area contributed by atoms with Gasteiger partial charge in [0.2, 0.25) is 0 Å². The Labute approximate surface area is 96.9 Å². The zero-order chi connectivity index (χ0) is 10.8. The molecule has 0 saturated heterocycles. The van der Waals surface area contributed by atoms with E-state index in [1.807, 2.05) is 24.4 Å². The predicted octanol–water partition coefficient (Wildman–Crippen LogP) is 2.54. The zero-order valence-electron chi connectivity index (χ0n) is 8.19. The van der Waals surface area contributed by atoms with Gasteiger partial charge in [-0.15, -0.1) is 11.3 Å². The van der Waals surface area contributed by atoms with Crippen LogP contribution in [0.25, 0.3) is 11.5 Å². The molecule has 2 aromatic rings. The Morgan fingerprint density at radius 3 is 3.00 bits per heavy atom. The van der Waals surface area contributed by atoms with Crippen molar-refractivity contribution in [1.82, 2.24) is 4.98 Å². The monoisotopic (exact) mass is 238 g/mol. The van der Waals surface area contributed by atoms with Crippen molar-refractivity contribution in [3.05, 3.63) is 28.3 Å². The number of aromatic nitrogens is 1. The molecule has 0 saturated carbocycles. The smallest absolute Gasteiger partial charge is 0.153 e. The second-order valence-corrected chi connectivity index (χ2v) is 4.65. The number of furan rings is 1. The average molecular weight is 238 g/mol. The molecule has 0 aliphatic carbocycles. The quantitative estimate of drug-likeness (QED) is 0.835. The van der Waals surface area contributed by atoms with Crippen LogP contribution in [0.5, 0.6) is 0 Å². The Morgan fingerprint density at radius 1 is 1.60 bits per heavy atom. The van der Waals surface area contributed by atoms with Crippen LogP contribution < -0.4 is 5.73 Å². The van der Waals surface area contributed by atoms with Crippen LogP contribution in [0.2, 0.25) is 0 Å². The summed E-state index contributed by atoms with van der Waals surface area (Å²) in [4.78, 5) is 4.86. The van der Waals surface area contributed by atoms with E-state index in [1.54, 1.807) is 11.3 Å². The highest BCUT2D eigenvalue weighted by Crippen LogP contribution is 2.23. The summed E-state index contributed by atoms with van der Waals surface area (Å²) < 4.78 is 5.47. The van der Waals surface area contributed by atoms with E-state index in [4.69, 9.17) is 22.4 Å². The van der Waals surface area contributed by atoms with E-state index < -0.39 is 0 Å². The van der Waals surface area contributed by atoms with E-state index >= 15 is 0 Å². The normalized spacial score (nSPS) is 10.5. The summed E-state index contributed by atoms with van der Waals surface area (Å²) in [5.41, 5.74) is 6.30. The van der Waals surface area contributed by atoms with Crippen LogP contribution >= 0.6 is 23.6 Å². The van der Waals surface area contributed by atoms with Gasteiger partial charge in [-0.3, -0.25) is 0 Å². The van der Waals surface area contributed by atoms with E-state index in [0.29, 0.717) is 11.4 Å². The molecule has 15 heavy (non-hydrogen) atoms. The fourth-order valence-electron chi connectivity index (χ4n) is 1.23. The summed E-state index contributed by atoms with van der Waals surface area (Å²) >= 11 is 6.37. The molecule has 5 heteroatoms. The lowest BCUT2D eigenvalue weighted by atomic mass is 10.3. The van der Waals surface area contributed by atoms with Crippen molar-refractivity contribution in [2.24, 2.45) is 5.73 Å². The maximum absolute atomic E-state index is 5.47. The Hall–Kier alpha value is -1.20. The predicted molar refractivity (Wildman–Crippen MR) is 65.0 cm³/mol. The summed E-state index contributed by atoms with van der Waals surface area (Å²) in [6.45, 7) is 1.91. The Kier molecular flexibility index (Phi) is 2.83. The molecule has 3 nitrogen and oxygen atoms in total. The topological polar surface area (TPSA) is 52.0 Å². The third-order valence-electron chi connectivity index (χ3n) is 1.87. The van der Waals surface area contributed by atoms with E-state index in [9.17, 15) is 0 Å². The van der Waals surface area contributed by atoms with E-state index in [-0.39, 0.29) is 0 Å². The first kappa shape index (κ1) is 10.3. The van der Waals surface area contributed by atoms with Crippen LogP contribution in [0.15, 0.2) is 21.9 Å². The van der Waals surface area contributed by atoms with Crippen LogP contribution in [0.3, 0.4) is 0 Å². The number of thiocarbonyl (C=S) groups is 1. The molecule has 0 aliphatic rings. The van der Waals surface area contributed by atoms with Gasteiger partial charge in [-0.1, -0.05) is 12.2 Å². The first-order valence-electron chi connectivity index (χ1n) is 4.44. The van der Waals surface area contributed by atoms with Crippen molar-refractivity contribution >= 4 is 28.5 Å². The molecule has 0 atom stereocenters. The molecule has 0 aliphatic heterocycles. The van der Waals surface area contributed by atoms with Crippen LogP contribution in [0.1, 0.15) is 10.8 Å². The minimum absolute atomic E-state index is 0.464. The SMILES string of the molecule is Cc1ccc(-c2csc(CC(N)=S)n2)o1. The summed E-state index contributed by atoms with van der Waals surface area (Å²) in [5, 5.41) is 2.87. The summed E-state index contributed by atoms with van der Waals surface area (Å²) in [6.07, 6.45) is 0.555. The van der Waals surface area contributed by atoms with Gasteiger partial charge in [0.15, 0.2) is 5.76 Å². The fourth-order valence-corrected chi connectivity index (χ4v) is 2.26. The molecule has 0 fully saturated rings. The third kappa shape index (κ3) is 2.43. The zero-order valence-corrected chi connectivity index (χ0v) is 9.82. The molecule has 78 valence electrons. The molecule has 0 radical (unpaired) electrons. The molecular weight excluding hydrogens is 228 g/mol. The van der Waals surface area contributed by atoms with Crippen molar-refractivity contribution in [2.45, 2.75) is 13.3 Å². The summed E-state index contributed by atoms with van der Waals surface area (Å²) in [5.74, 6) is 1.67. The highest BCUT2D eigenvalue weighted by molar-refractivity contribution is 7.80. The molecule has 0 unspecified atom stereocenters. The second-order valence-electron chi connectivity index (χ2n) is 3.18. The number of aryl methyl sites for hydroxylation is 1. The van der Waals surface area contributed by atoms with Crippen LogP contribution in [-0.2, 0) is 6.42 Å². The fraction of sp³-hybridized carbons (Fsp3) is 0.200. The third-order valence-corrected chi connectivity index (χ3v) is 2.86. The Morgan fingerprint density at radius 2 is 2.40 bits per heavy atom. The minimum atomic E-state index is 0.464. The molecule has 0 aromatic carbocycles. The molecule has 2 N–H and O–H groups in total. The van der Waals surface area contributed by atoms with Gasteiger partial charge in [0.1, 0.15) is 16.5 Å². The largest absolute Gasteiger partial charge is 0.460 e. The average Bonchev–Trinajstić information content (AvgIpc) is 2.72. The van der Waals surface area contributed by atoms with Crippen LogP contribution in [0.4, 0.5) is 0 Å². The molecule has 0 bridgehead atoms. The van der Waals surface area contributed by atoms with Gasteiger partial charge >= 0.3 is 0 Å². The molecule has 2 aromatic heterocycles. The van der Waals surface area contributed by atoms with Crippen molar-refractivity contribution in [3.63, 3.8) is 0 Å². The molecule has 0 amide bonds. The van der Waals surface area contributed by atoms with Gasteiger partial charge in [-0.25, -0.2) is 4.98 Å². The number of nitrogens with two attached hydrogens (primary N) is 1. The van der Waals surface area contributed by atoms with Crippen molar-refractivity contribution in [3.8, 4) is 11.5 Å². The first-order valence-corrected chi connectivity index (χ1v) is 5.73. The van der Waals surface area contributed by atoms with Gasteiger partial charge in [0, 0.05) is 11.8 Å². The minimum Gasteiger partial charge on any atom is -0.460 e. The summed E-state index contributed by atoms with van der Waals surface area (Å²) in [7, 11) is 0. The number of hydrogen-bond donors (Lipinski definition) is 1. The Balaban J connectivity index is 2.23. The van der Waals surface area contributed by atoms with Crippen LogP contribution in [0, 0.1) is 6.92 Å². The lowest BCUT2D eigenvalue weighted by molar-refractivity contribution is 0.546. The van der Waals surface area contributed by atoms with Gasteiger partial charge in [0.05, 0.1) is 4.99 Å². The number of rotatable bonds is 3. The molecule has 2 heterocycles. The standard InChI is InChI=1S/C10H10N2OS2/c1-6-2-3-8(13-6)7-5-15-10(12-7)4-9(11)14/h2-3,5H,4H2,1H3,(H2,11,14). The summed E-state index contributed by atoms with van der Waals surface area (Å²) in [6, 6.07) is 3.83. The van der Waals surface area contributed by atoms with Gasteiger partial charge in [-0.05, 0) is 19.1 Å². The highest BCUT2D eigenvalue weighted by Gasteiger charge is 2.08. The van der Waals surface area contributed by atoms with Crippen molar-refractivity contribution < 1.29 is 4.42 Å². The lowest BCUT2D eigenvalue weighted by Gasteiger charge is -1.91. The van der Waals surface area contributed by atoms with Crippen molar-refractivity contribution in [1.29, 1.82) is 0 Å². The number of hydrogen-bond acceptors (Lipinski definition) is 4. The van der Waals surface area contributed by atoms with E-state index in [1.165, 1.54) is 0 Å². The van der Waals surface area contributed by atoms with E-state index in [2.05, 4.69) is 4.98 Å². The van der Waals surface area contributed by atoms with Gasteiger partial charge in [0.25, 0.3) is 0 Å². The van der Waals surface area contributed by atoms with Crippen LogP contribution in [-0.4, -0.2) is 9.97 Å². The first-order chi connectivity index (χ1) is 7.15. The number of thiazole rings is 1. The molecule has 0 spiro atoms. The van der Waals surface area contributed by atoms with Gasteiger partial charge in [-0.2, -0.15) is 0 Å². The molecular formula is C10H10N2OS2. The highest BCUT2D eigenvalue weighted by atomic mass is 32.1. The van der Waals surface area contributed by atoms with E-state index in [0.717, 1.165) is 22.2 Å². The maximum Gasteiger partial charge on any atom is 0.153 e. The maximum atomic E-state index is 5.47. The lowest BCUT2D eigenvalue weighted by Crippen LogP contribution is -2.10. The van der Waals surface area contributed by atoms with Crippen molar-refractivity contribution in [2.75, 3.05) is 0 Å². The number of nitrogens with zero attached hydrogens (tertiary/aromatic N) is 1. The molecule has 2 rings (SSSR count). The van der Waals surface area contributed by atoms with Gasteiger partial charge < -0.3 is 10.2 Å². The Bertz CT molecular complexity index is 487. The second kappa shape index (κ2) is 4.12.